The normalized spacial score (nSPS) is 14.2. The summed E-state index contributed by atoms with van der Waals surface area (Å²) in [6.45, 7) is 3.77. The van der Waals surface area contributed by atoms with Gasteiger partial charge in [-0.15, -0.1) is 0 Å². The summed E-state index contributed by atoms with van der Waals surface area (Å²) in [6.07, 6.45) is 6.87. The largest absolute Gasteiger partial charge is 0.507 e. The van der Waals surface area contributed by atoms with E-state index in [0.717, 1.165) is 16.5 Å². The van der Waals surface area contributed by atoms with Gasteiger partial charge in [-0.25, -0.2) is 0 Å². The van der Waals surface area contributed by atoms with Crippen molar-refractivity contribution in [1.29, 1.82) is 0 Å². The summed E-state index contributed by atoms with van der Waals surface area (Å²) in [4.78, 5) is 25.7. The first-order valence-electron chi connectivity index (χ1n) is 10.9. The van der Waals surface area contributed by atoms with Gasteiger partial charge in [0.25, 0.3) is 0 Å². The zero-order valence-electron chi connectivity index (χ0n) is 18.7. The number of phenols is 1. The molecule has 5 heteroatoms. The summed E-state index contributed by atoms with van der Waals surface area (Å²) < 4.78 is 11.7. The number of phenolic OH excluding ortho intramolecular Hbond substituents is 1. The van der Waals surface area contributed by atoms with Crippen molar-refractivity contribution >= 4 is 34.7 Å². The van der Waals surface area contributed by atoms with Crippen LogP contribution in [0.3, 0.4) is 0 Å². The lowest BCUT2D eigenvalue weighted by atomic mass is 9.97. The number of benzene rings is 3. The van der Waals surface area contributed by atoms with Crippen molar-refractivity contribution < 1.29 is 23.8 Å². The summed E-state index contributed by atoms with van der Waals surface area (Å²) in [5, 5.41) is 11.1. The highest BCUT2D eigenvalue weighted by Gasteiger charge is 2.27. The number of hydrogen-bond acceptors (Lipinski definition) is 5. The van der Waals surface area contributed by atoms with E-state index >= 15 is 0 Å². The Kier molecular flexibility index (Phi) is 5.17. The number of carbonyl (C=O) groups excluding carboxylic acids is 2. The minimum atomic E-state index is -0.583. The maximum Gasteiger partial charge on any atom is 0.228 e. The van der Waals surface area contributed by atoms with Gasteiger partial charge in [-0.1, -0.05) is 48.6 Å². The van der Waals surface area contributed by atoms with Crippen LogP contribution in [0.5, 0.6) is 11.5 Å². The Labute approximate surface area is 196 Å². The quantitative estimate of drug-likeness (QED) is 0.279. The molecule has 0 bridgehead atoms. The second-order valence-electron chi connectivity index (χ2n) is 8.72. The molecule has 1 aliphatic heterocycles. The van der Waals surface area contributed by atoms with Gasteiger partial charge in [0, 0.05) is 16.5 Å². The van der Waals surface area contributed by atoms with Crippen LogP contribution < -0.4 is 4.74 Å². The summed E-state index contributed by atoms with van der Waals surface area (Å²) in [7, 11) is 0. The zero-order chi connectivity index (χ0) is 23.9. The molecule has 0 spiro atoms. The molecule has 0 amide bonds. The Bertz CT molecular complexity index is 1490. The molecular weight excluding hydrogens is 428 g/mol. The summed E-state index contributed by atoms with van der Waals surface area (Å²) in [5.41, 5.74) is 2.18. The van der Waals surface area contributed by atoms with E-state index in [1.165, 1.54) is 12.1 Å². The molecule has 0 saturated carbocycles. The van der Waals surface area contributed by atoms with Crippen molar-refractivity contribution in [1.82, 2.24) is 0 Å². The van der Waals surface area contributed by atoms with E-state index in [2.05, 4.69) is 0 Å². The van der Waals surface area contributed by atoms with E-state index in [-0.39, 0.29) is 28.6 Å². The Morgan fingerprint density at radius 3 is 2.56 bits per heavy atom. The van der Waals surface area contributed by atoms with Gasteiger partial charge in [0.2, 0.25) is 5.78 Å². The third kappa shape index (κ3) is 4.04. The van der Waals surface area contributed by atoms with E-state index in [0.29, 0.717) is 16.9 Å². The van der Waals surface area contributed by atoms with E-state index in [1.54, 1.807) is 54.6 Å². The molecule has 1 aromatic heterocycles. The summed E-state index contributed by atoms with van der Waals surface area (Å²) in [5.74, 6) is -0.0597. The first kappa shape index (κ1) is 21.5. The van der Waals surface area contributed by atoms with Crippen LogP contribution in [0.1, 0.15) is 51.5 Å². The minimum absolute atomic E-state index is 0.131. The van der Waals surface area contributed by atoms with Crippen LogP contribution in [0.25, 0.3) is 23.1 Å². The molecule has 1 N–H and O–H groups in total. The molecule has 0 saturated heterocycles. The number of ketones is 2. The lowest BCUT2D eigenvalue weighted by Crippen LogP contribution is -2.28. The SMILES string of the molecule is CC1(C)C=Cc2ccc(O)c(C(=O)/C=C/c3ccc4oc(C(=O)c5ccccc5)cc4c3)c2O1. The zero-order valence-corrected chi connectivity index (χ0v) is 18.7. The van der Waals surface area contributed by atoms with Crippen molar-refractivity contribution in [2.45, 2.75) is 19.4 Å². The highest BCUT2D eigenvalue weighted by atomic mass is 16.5. The summed E-state index contributed by atoms with van der Waals surface area (Å²) >= 11 is 0. The first-order chi connectivity index (χ1) is 16.3. The predicted octanol–water partition coefficient (Wildman–Crippen LogP) is 6.45. The van der Waals surface area contributed by atoms with E-state index in [1.807, 2.05) is 38.1 Å². The Balaban J connectivity index is 1.42. The lowest BCUT2D eigenvalue weighted by molar-refractivity contribution is 0.101. The average molecular weight is 450 g/mol. The third-order valence-electron chi connectivity index (χ3n) is 5.67. The monoisotopic (exact) mass is 450 g/mol. The molecule has 168 valence electrons. The van der Waals surface area contributed by atoms with E-state index < -0.39 is 5.60 Å². The van der Waals surface area contributed by atoms with Crippen molar-refractivity contribution in [2.75, 3.05) is 0 Å². The molecule has 5 rings (SSSR count). The maximum absolute atomic E-state index is 13.0. The van der Waals surface area contributed by atoms with Crippen LogP contribution in [-0.4, -0.2) is 22.3 Å². The molecule has 34 heavy (non-hydrogen) atoms. The first-order valence-corrected chi connectivity index (χ1v) is 10.9. The fraction of sp³-hybridized carbons (Fsp3) is 0.103. The summed E-state index contributed by atoms with van der Waals surface area (Å²) in [6, 6.07) is 19.3. The van der Waals surface area contributed by atoms with Crippen LogP contribution in [0, 0.1) is 0 Å². The second kappa shape index (κ2) is 8.19. The molecule has 1 aliphatic rings. The molecule has 0 atom stereocenters. The molecule has 4 aromatic rings. The van der Waals surface area contributed by atoms with E-state index in [4.69, 9.17) is 9.15 Å². The van der Waals surface area contributed by atoms with Crippen LogP contribution in [0.2, 0.25) is 0 Å². The molecule has 5 nitrogen and oxygen atoms in total. The van der Waals surface area contributed by atoms with Gasteiger partial charge in [0.05, 0.1) is 0 Å². The number of furan rings is 1. The average Bonchev–Trinajstić information content (AvgIpc) is 3.25. The molecule has 0 fully saturated rings. The van der Waals surface area contributed by atoms with Crippen molar-refractivity contribution in [3.05, 3.63) is 107 Å². The number of fused-ring (bicyclic) bond motifs is 2. The van der Waals surface area contributed by atoms with Crippen LogP contribution in [0.4, 0.5) is 0 Å². The molecule has 0 unspecified atom stereocenters. The molecule has 0 radical (unpaired) electrons. The number of aromatic hydroxyl groups is 1. The molecular formula is C29H22O5. The fourth-order valence-corrected chi connectivity index (χ4v) is 3.92. The predicted molar refractivity (Wildman–Crippen MR) is 131 cm³/mol. The number of hydrogen-bond donors (Lipinski definition) is 1. The standard InChI is InChI=1S/C29H22O5/c1-29(2)15-14-20-10-12-23(31)26(28(20)34-29)22(30)11-8-18-9-13-24-21(16-18)17-25(33-24)27(32)19-6-4-3-5-7-19/h3-17,31H,1-2H3/b11-8+. The minimum Gasteiger partial charge on any atom is -0.507 e. The number of allylic oxidation sites excluding steroid dienone is 1. The van der Waals surface area contributed by atoms with Gasteiger partial charge >= 0.3 is 0 Å². The van der Waals surface area contributed by atoms with E-state index in [9.17, 15) is 14.7 Å². The van der Waals surface area contributed by atoms with Gasteiger partial charge in [-0.05, 0) is 61.9 Å². The lowest BCUT2D eigenvalue weighted by Gasteiger charge is -2.29. The van der Waals surface area contributed by atoms with Crippen molar-refractivity contribution in [3.63, 3.8) is 0 Å². The number of ether oxygens (including phenoxy) is 1. The smallest absolute Gasteiger partial charge is 0.228 e. The van der Waals surface area contributed by atoms with Crippen molar-refractivity contribution in [3.8, 4) is 11.5 Å². The second-order valence-corrected chi connectivity index (χ2v) is 8.72. The van der Waals surface area contributed by atoms with Crippen LogP contribution >= 0.6 is 0 Å². The molecule has 2 heterocycles. The molecule has 0 aliphatic carbocycles. The Morgan fingerprint density at radius 2 is 1.76 bits per heavy atom. The fourth-order valence-electron chi connectivity index (χ4n) is 3.92. The molecule has 3 aromatic carbocycles. The van der Waals surface area contributed by atoms with Gasteiger partial charge < -0.3 is 14.3 Å². The Hall–Kier alpha value is -4.38. The van der Waals surface area contributed by atoms with Gasteiger partial charge in [-0.3, -0.25) is 9.59 Å². The highest BCUT2D eigenvalue weighted by Crippen LogP contribution is 2.39. The van der Waals surface area contributed by atoms with Crippen LogP contribution in [0.15, 0.2) is 83.3 Å². The van der Waals surface area contributed by atoms with Gasteiger partial charge in [0.15, 0.2) is 11.5 Å². The third-order valence-corrected chi connectivity index (χ3v) is 5.67. The van der Waals surface area contributed by atoms with Gasteiger partial charge in [-0.2, -0.15) is 0 Å². The number of carbonyl (C=O) groups is 2. The number of rotatable bonds is 5. The highest BCUT2D eigenvalue weighted by molar-refractivity contribution is 6.11. The van der Waals surface area contributed by atoms with Gasteiger partial charge in [0.1, 0.15) is 28.2 Å². The topological polar surface area (TPSA) is 76.7 Å². The maximum atomic E-state index is 13.0. The van der Waals surface area contributed by atoms with Crippen LogP contribution in [-0.2, 0) is 0 Å². The van der Waals surface area contributed by atoms with Crippen molar-refractivity contribution in [2.24, 2.45) is 0 Å². The Morgan fingerprint density at radius 1 is 0.971 bits per heavy atom.